The van der Waals surface area contributed by atoms with Crippen LogP contribution in [0, 0.1) is 38.0 Å². The Kier molecular flexibility index (Phi) is 15.1. The molecule has 0 radical (unpaired) electrons. The molecule has 6 unspecified atom stereocenters. The summed E-state index contributed by atoms with van der Waals surface area (Å²) in [4.78, 5) is 40.9. The van der Waals surface area contributed by atoms with Crippen LogP contribution in [0.25, 0.3) is 0 Å². The molecule has 16 heteroatoms. The topological polar surface area (TPSA) is 205 Å². The highest BCUT2D eigenvalue weighted by atomic mass is 32.2. The Morgan fingerprint density at radius 3 is 2.34 bits per heavy atom. The molecule has 1 heterocycles. The number of rotatable bonds is 21. The van der Waals surface area contributed by atoms with Crippen molar-refractivity contribution in [1.82, 2.24) is 0 Å². The van der Waals surface area contributed by atoms with Crippen molar-refractivity contribution in [2.75, 3.05) is 25.1 Å². The van der Waals surface area contributed by atoms with Crippen LogP contribution >= 0.6 is 11.8 Å². The summed E-state index contributed by atoms with van der Waals surface area (Å²) in [5.41, 5.74) is 3.69. The molecular formula is C48H52N4O11S. The minimum absolute atomic E-state index is 0.00405. The van der Waals surface area contributed by atoms with Crippen molar-refractivity contribution in [3.05, 3.63) is 147 Å². The Hall–Kier alpha value is -6.07. The first-order valence-corrected chi connectivity index (χ1v) is 22.3. The largest absolute Gasteiger partial charge is 0.460 e. The second-order valence-electron chi connectivity index (χ2n) is 16.1. The van der Waals surface area contributed by atoms with Crippen LogP contribution in [0.15, 0.2) is 125 Å². The molecule has 4 aromatic carbocycles. The lowest BCUT2D eigenvalue weighted by molar-refractivity contribution is -0.385. The molecule has 1 fully saturated rings. The summed E-state index contributed by atoms with van der Waals surface area (Å²) in [6.45, 7) is 5.79. The monoisotopic (exact) mass is 892 g/mol. The van der Waals surface area contributed by atoms with E-state index in [4.69, 9.17) is 24.2 Å². The molecule has 1 aliphatic heterocycles. The fraction of sp³-hybridized carbons (Fsp3) is 0.375. The number of benzene rings is 4. The lowest BCUT2D eigenvalue weighted by atomic mass is 9.56. The van der Waals surface area contributed by atoms with Gasteiger partial charge in [0.05, 0.1) is 39.4 Å². The average molecular weight is 893 g/mol. The molecule has 4 aromatic rings. The quantitative estimate of drug-likeness (QED) is 0.0309. The highest BCUT2D eigenvalue weighted by Gasteiger charge is 2.64. The number of ether oxygens (including phenoxy) is 3. The molecule has 0 saturated heterocycles. The van der Waals surface area contributed by atoms with Crippen molar-refractivity contribution in [1.29, 1.82) is 0 Å². The average Bonchev–Trinajstić information content (AvgIpc) is 3.28. The summed E-state index contributed by atoms with van der Waals surface area (Å²) < 4.78 is 20.6. The summed E-state index contributed by atoms with van der Waals surface area (Å²) in [5, 5.41) is 50.1. The molecule has 15 nitrogen and oxygen atoms in total. The van der Waals surface area contributed by atoms with Gasteiger partial charge >= 0.3 is 0 Å². The molecule has 3 N–H and O–H groups in total. The first-order chi connectivity index (χ1) is 31.0. The van der Waals surface area contributed by atoms with Gasteiger partial charge in [-0.2, -0.15) is 0 Å². The fourth-order valence-corrected chi connectivity index (χ4v) is 10.5. The van der Waals surface area contributed by atoms with E-state index in [9.17, 15) is 35.2 Å². The Morgan fingerprint density at radius 1 is 0.938 bits per heavy atom. The van der Waals surface area contributed by atoms with Gasteiger partial charge in [-0.25, -0.2) is 0 Å². The molecule has 0 bridgehead atoms. The van der Waals surface area contributed by atoms with E-state index in [0.29, 0.717) is 53.5 Å². The Labute approximate surface area is 375 Å². The first kappa shape index (κ1) is 45.9. The number of carbonyl (C=O) groups is 1. The lowest BCUT2D eigenvalue weighted by Gasteiger charge is -2.58. The number of aliphatic hydroxyl groups is 2. The van der Waals surface area contributed by atoms with Crippen LogP contribution in [0.5, 0.6) is 17.2 Å². The third kappa shape index (κ3) is 10.5. The highest BCUT2D eigenvalue weighted by Crippen LogP contribution is 2.63. The van der Waals surface area contributed by atoms with Gasteiger partial charge in [0.25, 0.3) is 11.4 Å². The molecule has 0 aromatic heterocycles. The number of fused-ring (bicyclic) bond motifs is 2. The zero-order chi connectivity index (χ0) is 45.2. The molecule has 1 amide bonds. The number of aliphatic hydroxyl groups excluding tert-OH is 2. The first-order valence-electron chi connectivity index (χ1n) is 21.4. The van der Waals surface area contributed by atoms with E-state index in [-0.39, 0.29) is 61.5 Å². The number of oxime groups is 1. The molecule has 3 aliphatic rings. The van der Waals surface area contributed by atoms with Crippen molar-refractivity contribution in [2.24, 2.45) is 22.9 Å². The van der Waals surface area contributed by atoms with E-state index in [1.54, 1.807) is 48.2 Å². The number of carbonyl (C=O) groups excluding carboxylic acids is 1. The molecule has 64 heavy (non-hydrogen) atoms. The van der Waals surface area contributed by atoms with Crippen molar-refractivity contribution in [2.45, 2.75) is 80.3 Å². The number of anilines is 1. The minimum Gasteiger partial charge on any atom is -0.460 e. The maximum absolute atomic E-state index is 11.9. The number of non-ortho nitro benzene ring substituents is 2. The number of nitro benzene ring substituents is 2. The molecule has 336 valence electrons. The van der Waals surface area contributed by atoms with Gasteiger partial charge in [-0.1, -0.05) is 36.2 Å². The lowest BCUT2D eigenvalue weighted by Crippen LogP contribution is -2.64. The number of hydrogen-bond donors (Lipinski definition) is 3. The maximum Gasteiger partial charge on any atom is 0.273 e. The van der Waals surface area contributed by atoms with E-state index < -0.39 is 26.8 Å². The van der Waals surface area contributed by atoms with Crippen LogP contribution in [-0.4, -0.2) is 62.5 Å². The number of nitro groups is 2. The number of amides is 1. The van der Waals surface area contributed by atoms with Gasteiger partial charge < -0.3 is 34.6 Å². The predicted octanol–water partition coefficient (Wildman–Crippen LogP) is 9.88. The van der Waals surface area contributed by atoms with Gasteiger partial charge in [-0.3, -0.25) is 25.0 Å². The van der Waals surface area contributed by atoms with Crippen LogP contribution in [0.3, 0.4) is 0 Å². The van der Waals surface area contributed by atoms with Gasteiger partial charge in [-0.05, 0) is 109 Å². The third-order valence-electron chi connectivity index (χ3n) is 11.9. The van der Waals surface area contributed by atoms with Gasteiger partial charge in [0.15, 0.2) is 0 Å². The van der Waals surface area contributed by atoms with Crippen LogP contribution < -0.4 is 14.8 Å². The van der Waals surface area contributed by atoms with E-state index in [2.05, 4.69) is 18.0 Å². The molecule has 0 spiro atoms. The SMILES string of the molecule is C=CCOC12Oc3ccc(Oc4cccc([N+](=O)[O-])c4)cc3C3C(CCCCO)C(CCCCO)C=C(C(=NOCc4ccc([N+](=O)[O-])cc4)CC1Sc1ccc(NC(C)=O)cc1)C32. The zero-order valence-electron chi connectivity index (χ0n) is 35.5. The summed E-state index contributed by atoms with van der Waals surface area (Å²) >= 11 is 1.56. The van der Waals surface area contributed by atoms with Gasteiger partial charge in [0, 0.05) is 66.8 Å². The van der Waals surface area contributed by atoms with Gasteiger partial charge in [0.2, 0.25) is 11.7 Å². The number of nitrogens with one attached hydrogen (secondary N) is 1. The fourth-order valence-electron chi connectivity index (χ4n) is 9.17. The number of nitrogens with zero attached hydrogens (tertiary/aromatic N) is 3. The summed E-state index contributed by atoms with van der Waals surface area (Å²) in [6, 6.07) is 25.3. The summed E-state index contributed by atoms with van der Waals surface area (Å²) in [5.74, 6) is -0.814. The van der Waals surface area contributed by atoms with E-state index in [1.165, 1.54) is 31.2 Å². The molecule has 1 saturated carbocycles. The van der Waals surface area contributed by atoms with Crippen LogP contribution in [0.4, 0.5) is 17.1 Å². The van der Waals surface area contributed by atoms with Crippen LogP contribution in [0.2, 0.25) is 0 Å². The Morgan fingerprint density at radius 2 is 1.66 bits per heavy atom. The molecule has 7 rings (SSSR count). The molecular weight excluding hydrogens is 841 g/mol. The zero-order valence-corrected chi connectivity index (χ0v) is 36.3. The van der Waals surface area contributed by atoms with E-state index in [0.717, 1.165) is 41.7 Å². The van der Waals surface area contributed by atoms with Crippen molar-refractivity contribution < 1.29 is 43.9 Å². The van der Waals surface area contributed by atoms with Crippen molar-refractivity contribution in [3.8, 4) is 17.2 Å². The van der Waals surface area contributed by atoms with Crippen LogP contribution in [0.1, 0.15) is 68.9 Å². The van der Waals surface area contributed by atoms with Gasteiger partial charge in [0.1, 0.15) is 23.9 Å². The molecule has 2 aliphatic carbocycles. The number of hydrogen-bond acceptors (Lipinski definition) is 13. The Bertz CT molecular complexity index is 2370. The van der Waals surface area contributed by atoms with Crippen LogP contribution in [-0.2, 0) is 21.0 Å². The normalized spacial score (nSPS) is 22.6. The summed E-state index contributed by atoms with van der Waals surface area (Å²) in [7, 11) is 0. The van der Waals surface area contributed by atoms with Crippen molar-refractivity contribution >= 4 is 40.4 Å². The number of unbranched alkanes of at least 4 members (excludes halogenated alkanes) is 2. The molecule has 6 atom stereocenters. The number of allylic oxidation sites excluding steroid dienone is 1. The summed E-state index contributed by atoms with van der Waals surface area (Å²) in [6.07, 6.45) is 8.62. The predicted molar refractivity (Wildman–Crippen MR) is 243 cm³/mol. The third-order valence-corrected chi connectivity index (χ3v) is 13.2. The second kappa shape index (κ2) is 21.1. The van der Waals surface area contributed by atoms with E-state index in [1.807, 2.05) is 36.4 Å². The Balaban J connectivity index is 1.38. The standard InChI is InChI=1S/C48H52N4O11S/c1-3-25-60-48-45(64-39-20-15-34(16-21-39)49-31(2)55)29-43(50-61-30-32-13-17-35(18-14-32)51(56)57)41-26-33(9-4-6-23-53)40(12-5-7-24-54)46(47(41)48)42-28-38(19-22-44(42)63-48)62-37-11-8-10-36(27-37)52(58)59/h3,8,10-11,13-22,26-28,33,40,45-47,53-54H,1,4-7,9,12,23-25,29-30H2,2H3,(H,49,55). The van der Waals surface area contributed by atoms with Gasteiger partial charge in [-0.15, -0.1) is 18.3 Å². The highest BCUT2D eigenvalue weighted by molar-refractivity contribution is 8.00. The number of thioether (sulfide) groups is 1. The minimum atomic E-state index is -1.29. The second-order valence-corrected chi connectivity index (χ2v) is 17.4. The maximum atomic E-state index is 11.9. The smallest absolute Gasteiger partial charge is 0.273 e. The van der Waals surface area contributed by atoms with Crippen molar-refractivity contribution in [3.63, 3.8) is 0 Å². The van der Waals surface area contributed by atoms with E-state index >= 15 is 0 Å².